The highest BCUT2D eigenvalue weighted by atomic mass is 16.5. The monoisotopic (exact) mass is 252 g/mol. The predicted molar refractivity (Wildman–Crippen MR) is 72.9 cm³/mol. The highest BCUT2D eigenvalue weighted by molar-refractivity contribution is 5.25. The van der Waals surface area contributed by atoms with E-state index in [9.17, 15) is 0 Å². The minimum absolute atomic E-state index is 0.462. The van der Waals surface area contributed by atoms with Gasteiger partial charge in [-0.05, 0) is 39.3 Å². The van der Waals surface area contributed by atoms with Gasteiger partial charge >= 0.3 is 0 Å². The van der Waals surface area contributed by atoms with Crippen LogP contribution in [-0.2, 0) is 11.3 Å². The summed E-state index contributed by atoms with van der Waals surface area (Å²) in [5.41, 5.74) is 0. The average molecular weight is 252 g/mol. The molecule has 102 valence electrons. The first-order valence-corrected chi connectivity index (χ1v) is 6.97. The van der Waals surface area contributed by atoms with Gasteiger partial charge in [0.2, 0.25) is 5.95 Å². The Labute approximate surface area is 109 Å². The molecule has 0 aliphatic carbocycles. The van der Waals surface area contributed by atoms with Gasteiger partial charge in [-0.3, -0.25) is 0 Å². The lowest BCUT2D eigenvalue weighted by molar-refractivity contribution is 0.0329. The first kappa shape index (κ1) is 13.4. The summed E-state index contributed by atoms with van der Waals surface area (Å²) < 4.78 is 7.96. The van der Waals surface area contributed by atoms with E-state index in [-0.39, 0.29) is 0 Å². The van der Waals surface area contributed by atoms with Gasteiger partial charge in [0.15, 0.2) is 0 Å². The minimum atomic E-state index is 0.462. The summed E-state index contributed by atoms with van der Waals surface area (Å²) in [6.07, 6.45) is 7.61. The van der Waals surface area contributed by atoms with E-state index >= 15 is 0 Å². The fraction of sp³-hybridized carbons (Fsp3) is 0.769. The van der Waals surface area contributed by atoms with E-state index in [1.807, 2.05) is 12.4 Å². The number of hydrogen-bond donors (Lipinski definition) is 2. The molecule has 0 spiro atoms. The molecule has 1 aliphatic heterocycles. The van der Waals surface area contributed by atoms with Crippen molar-refractivity contribution in [3.8, 4) is 0 Å². The van der Waals surface area contributed by atoms with Crippen molar-refractivity contribution in [3.05, 3.63) is 12.4 Å². The van der Waals surface area contributed by atoms with Crippen LogP contribution < -0.4 is 10.6 Å². The lowest BCUT2D eigenvalue weighted by atomic mass is 10.1. The van der Waals surface area contributed by atoms with Gasteiger partial charge in [-0.1, -0.05) is 0 Å². The molecule has 0 unspecified atom stereocenters. The molecular weight excluding hydrogens is 228 g/mol. The lowest BCUT2D eigenvalue weighted by Gasteiger charge is -2.22. The van der Waals surface area contributed by atoms with Gasteiger partial charge in [-0.25, -0.2) is 4.98 Å². The van der Waals surface area contributed by atoms with Crippen molar-refractivity contribution in [2.75, 3.05) is 31.6 Å². The van der Waals surface area contributed by atoms with Gasteiger partial charge in [0, 0.05) is 32.1 Å². The van der Waals surface area contributed by atoms with Crippen LogP contribution in [0.15, 0.2) is 12.4 Å². The number of aromatic nitrogens is 2. The molecule has 1 aromatic heterocycles. The van der Waals surface area contributed by atoms with Gasteiger partial charge in [-0.2, -0.15) is 0 Å². The number of imidazole rings is 1. The van der Waals surface area contributed by atoms with Gasteiger partial charge in [0.05, 0.1) is 6.10 Å². The number of piperidine rings is 1. The quantitative estimate of drug-likeness (QED) is 0.722. The molecule has 0 atom stereocenters. The van der Waals surface area contributed by atoms with Crippen molar-refractivity contribution >= 4 is 5.95 Å². The van der Waals surface area contributed by atoms with Crippen molar-refractivity contribution in [1.82, 2.24) is 14.9 Å². The third-order valence-electron chi connectivity index (χ3n) is 3.30. The van der Waals surface area contributed by atoms with E-state index in [2.05, 4.69) is 27.1 Å². The number of aryl methyl sites for hydroxylation is 1. The van der Waals surface area contributed by atoms with Crippen LogP contribution >= 0.6 is 0 Å². The Morgan fingerprint density at radius 3 is 3.11 bits per heavy atom. The van der Waals surface area contributed by atoms with E-state index in [4.69, 9.17) is 4.74 Å². The Kier molecular flexibility index (Phi) is 5.48. The highest BCUT2D eigenvalue weighted by Crippen LogP contribution is 2.08. The molecule has 0 saturated carbocycles. The van der Waals surface area contributed by atoms with Gasteiger partial charge < -0.3 is 19.9 Å². The number of anilines is 1. The van der Waals surface area contributed by atoms with Crippen molar-refractivity contribution in [2.24, 2.45) is 0 Å². The van der Waals surface area contributed by atoms with Crippen LogP contribution in [-0.4, -0.2) is 41.9 Å². The fourth-order valence-electron chi connectivity index (χ4n) is 2.22. The topological polar surface area (TPSA) is 51.1 Å². The number of nitrogens with one attached hydrogen (secondary N) is 2. The van der Waals surface area contributed by atoms with Crippen molar-refractivity contribution in [2.45, 2.75) is 38.8 Å². The maximum Gasteiger partial charge on any atom is 0.202 e. The summed E-state index contributed by atoms with van der Waals surface area (Å²) in [4.78, 5) is 4.28. The third-order valence-corrected chi connectivity index (χ3v) is 3.30. The van der Waals surface area contributed by atoms with Crippen molar-refractivity contribution in [1.29, 1.82) is 0 Å². The zero-order valence-corrected chi connectivity index (χ0v) is 11.2. The Balaban J connectivity index is 1.55. The lowest BCUT2D eigenvalue weighted by Crippen LogP contribution is -2.32. The molecule has 0 radical (unpaired) electrons. The van der Waals surface area contributed by atoms with E-state index < -0.39 is 0 Å². The smallest absolute Gasteiger partial charge is 0.202 e. The first-order chi connectivity index (χ1) is 8.90. The molecule has 18 heavy (non-hydrogen) atoms. The molecule has 0 aromatic carbocycles. The van der Waals surface area contributed by atoms with Crippen LogP contribution in [0.2, 0.25) is 0 Å². The second-order valence-electron chi connectivity index (χ2n) is 4.64. The predicted octanol–water partition coefficient (Wildman–Crippen LogP) is 1.47. The summed E-state index contributed by atoms with van der Waals surface area (Å²) in [5, 5.41) is 6.69. The summed E-state index contributed by atoms with van der Waals surface area (Å²) in [5.74, 6) is 0.958. The molecule has 1 saturated heterocycles. The zero-order chi connectivity index (χ0) is 12.6. The average Bonchev–Trinajstić information content (AvgIpc) is 2.87. The molecule has 5 heteroatoms. The van der Waals surface area contributed by atoms with E-state index in [0.29, 0.717) is 6.10 Å². The number of ether oxygens (including phenoxy) is 1. The Morgan fingerprint density at radius 2 is 2.33 bits per heavy atom. The molecule has 0 bridgehead atoms. The Morgan fingerprint density at radius 1 is 1.50 bits per heavy atom. The second-order valence-corrected chi connectivity index (χ2v) is 4.64. The van der Waals surface area contributed by atoms with Gasteiger partial charge in [-0.15, -0.1) is 0 Å². The largest absolute Gasteiger partial charge is 0.378 e. The number of hydrogen-bond acceptors (Lipinski definition) is 4. The molecule has 1 aromatic rings. The normalized spacial score (nSPS) is 16.9. The van der Waals surface area contributed by atoms with Gasteiger partial charge in [0.25, 0.3) is 0 Å². The van der Waals surface area contributed by atoms with Crippen LogP contribution in [0.1, 0.15) is 26.2 Å². The van der Waals surface area contributed by atoms with Crippen molar-refractivity contribution in [3.63, 3.8) is 0 Å². The molecule has 2 rings (SSSR count). The van der Waals surface area contributed by atoms with Crippen LogP contribution in [0.4, 0.5) is 5.95 Å². The molecule has 0 amide bonds. The highest BCUT2D eigenvalue weighted by Gasteiger charge is 2.12. The summed E-state index contributed by atoms with van der Waals surface area (Å²) >= 11 is 0. The minimum Gasteiger partial charge on any atom is -0.378 e. The maximum absolute atomic E-state index is 5.85. The molecule has 1 aliphatic rings. The van der Waals surface area contributed by atoms with E-state index in [1.165, 1.54) is 0 Å². The molecule has 5 nitrogen and oxygen atoms in total. The van der Waals surface area contributed by atoms with Crippen molar-refractivity contribution < 1.29 is 4.74 Å². The fourth-order valence-corrected chi connectivity index (χ4v) is 2.22. The van der Waals surface area contributed by atoms with E-state index in [0.717, 1.165) is 58.0 Å². The van der Waals surface area contributed by atoms with Crippen LogP contribution in [0.5, 0.6) is 0 Å². The molecule has 2 heterocycles. The summed E-state index contributed by atoms with van der Waals surface area (Å²) in [7, 11) is 0. The molecule has 2 N–H and O–H groups in total. The molecule has 1 fully saturated rings. The Hall–Kier alpha value is -1.07. The molecular formula is C13H24N4O. The summed E-state index contributed by atoms with van der Waals surface area (Å²) in [6.45, 7) is 7.02. The Bertz CT molecular complexity index is 333. The second kappa shape index (κ2) is 7.38. The van der Waals surface area contributed by atoms with Crippen LogP contribution in [0.25, 0.3) is 0 Å². The van der Waals surface area contributed by atoms with Gasteiger partial charge in [0.1, 0.15) is 0 Å². The zero-order valence-electron chi connectivity index (χ0n) is 11.2. The maximum atomic E-state index is 5.85. The van der Waals surface area contributed by atoms with E-state index in [1.54, 1.807) is 0 Å². The standard InChI is InChI=1S/C13H24N4O/c1-2-17-10-9-16-13(17)15-6-3-11-18-12-4-7-14-8-5-12/h9-10,12,14H,2-8,11H2,1H3,(H,15,16). The van der Waals surface area contributed by atoms with Crippen LogP contribution in [0, 0.1) is 0 Å². The number of rotatable bonds is 7. The first-order valence-electron chi connectivity index (χ1n) is 6.97. The number of nitrogens with zero attached hydrogens (tertiary/aromatic N) is 2. The SMILES string of the molecule is CCn1ccnc1NCCCOC1CCNCC1. The summed E-state index contributed by atoms with van der Waals surface area (Å²) in [6, 6.07) is 0. The van der Waals surface area contributed by atoms with Crippen LogP contribution in [0.3, 0.4) is 0 Å². The third kappa shape index (κ3) is 3.99.